The number of nitrogens with one attached hydrogen (secondary N) is 1. The zero-order chi connectivity index (χ0) is 18.7. The van der Waals surface area contributed by atoms with Gasteiger partial charge in [0.05, 0.1) is 5.56 Å². The number of hydrogen-bond donors (Lipinski definition) is 2. The van der Waals surface area contributed by atoms with Crippen molar-refractivity contribution in [1.29, 1.82) is 0 Å². The fourth-order valence-electron chi connectivity index (χ4n) is 2.76. The monoisotopic (exact) mass is 385 g/mol. The molecule has 1 amide bonds. The zero-order valence-corrected chi connectivity index (χ0v) is 14.6. The topological polar surface area (TPSA) is 84.1 Å². The Balaban J connectivity index is 1.53. The third kappa shape index (κ3) is 4.31. The normalized spacial score (nSPS) is 15.9. The zero-order valence-electron chi connectivity index (χ0n) is 13.8. The molecule has 0 unspecified atom stereocenters. The lowest BCUT2D eigenvalue weighted by Gasteiger charge is -2.33. The SMILES string of the molecule is NCc1nc(C(=O)NC2CCN(c3ccc(C(F)(F)F)cn3)CC2)cs1. The molecule has 3 heterocycles. The summed E-state index contributed by atoms with van der Waals surface area (Å²) in [5.41, 5.74) is 5.10. The predicted molar refractivity (Wildman–Crippen MR) is 91.9 cm³/mol. The molecule has 0 bridgehead atoms. The van der Waals surface area contributed by atoms with Crippen molar-refractivity contribution in [2.45, 2.75) is 31.6 Å². The first-order valence-corrected chi connectivity index (χ1v) is 8.98. The Morgan fingerprint density at radius 3 is 2.62 bits per heavy atom. The summed E-state index contributed by atoms with van der Waals surface area (Å²) in [7, 11) is 0. The maximum Gasteiger partial charge on any atom is 0.417 e. The summed E-state index contributed by atoms with van der Waals surface area (Å²) in [6.07, 6.45) is -2.17. The minimum Gasteiger partial charge on any atom is -0.356 e. The number of amides is 1. The molecule has 1 aliphatic rings. The van der Waals surface area contributed by atoms with Crippen LogP contribution in [0.1, 0.15) is 33.9 Å². The van der Waals surface area contributed by atoms with Gasteiger partial charge in [-0.3, -0.25) is 4.79 Å². The van der Waals surface area contributed by atoms with Crippen molar-refractivity contribution in [2.75, 3.05) is 18.0 Å². The van der Waals surface area contributed by atoms with Crippen molar-refractivity contribution in [2.24, 2.45) is 5.73 Å². The van der Waals surface area contributed by atoms with Crippen molar-refractivity contribution < 1.29 is 18.0 Å². The van der Waals surface area contributed by atoms with E-state index in [-0.39, 0.29) is 11.9 Å². The fourth-order valence-corrected chi connectivity index (χ4v) is 3.42. The summed E-state index contributed by atoms with van der Waals surface area (Å²) in [6.45, 7) is 1.51. The molecular formula is C16H18F3N5OS. The van der Waals surface area contributed by atoms with Crippen molar-refractivity contribution in [3.05, 3.63) is 40.0 Å². The quantitative estimate of drug-likeness (QED) is 0.845. The maximum absolute atomic E-state index is 12.6. The van der Waals surface area contributed by atoms with Crippen LogP contribution in [-0.2, 0) is 12.7 Å². The number of nitrogens with zero attached hydrogens (tertiary/aromatic N) is 3. The van der Waals surface area contributed by atoms with Gasteiger partial charge in [-0.2, -0.15) is 13.2 Å². The van der Waals surface area contributed by atoms with Gasteiger partial charge in [-0.05, 0) is 25.0 Å². The second kappa shape index (κ2) is 7.58. The summed E-state index contributed by atoms with van der Waals surface area (Å²) in [4.78, 5) is 22.2. The van der Waals surface area contributed by atoms with E-state index in [1.54, 1.807) is 5.38 Å². The van der Waals surface area contributed by atoms with Gasteiger partial charge in [-0.1, -0.05) is 0 Å². The number of alkyl halides is 3. The number of rotatable bonds is 4. The third-order valence-corrected chi connectivity index (χ3v) is 5.06. The van der Waals surface area contributed by atoms with Gasteiger partial charge in [0.15, 0.2) is 0 Å². The first kappa shape index (κ1) is 18.6. The van der Waals surface area contributed by atoms with E-state index >= 15 is 0 Å². The van der Waals surface area contributed by atoms with Gasteiger partial charge in [-0.15, -0.1) is 11.3 Å². The molecular weight excluding hydrogens is 367 g/mol. The summed E-state index contributed by atoms with van der Waals surface area (Å²) in [5.74, 6) is 0.280. The van der Waals surface area contributed by atoms with Gasteiger partial charge in [-0.25, -0.2) is 9.97 Å². The van der Waals surface area contributed by atoms with E-state index in [2.05, 4.69) is 15.3 Å². The molecule has 140 valence electrons. The minimum atomic E-state index is -4.39. The maximum atomic E-state index is 12.6. The Morgan fingerprint density at radius 1 is 1.35 bits per heavy atom. The third-order valence-electron chi connectivity index (χ3n) is 4.19. The molecule has 2 aromatic heterocycles. The molecule has 26 heavy (non-hydrogen) atoms. The van der Waals surface area contributed by atoms with Crippen LogP contribution in [0.25, 0.3) is 0 Å². The van der Waals surface area contributed by atoms with Crippen molar-refractivity contribution in [3.8, 4) is 0 Å². The molecule has 2 aromatic rings. The lowest BCUT2D eigenvalue weighted by molar-refractivity contribution is -0.137. The molecule has 1 fully saturated rings. The molecule has 6 nitrogen and oxygen atoms in total. The van der Waals surface area contributed by atoms with Crippen molar-refractivity contribution in [1.82, 2.24) is 15.3 Å². The van der Waals surface area contributed by atoms with E-state index in [9.17, 15) is 18.0 Å². The van der Waals surface area contributed by atoms with Crippen LogP contribution in [0.4, 0.5) is 19.0 Å². The number of carbonyl (C=O) groups is 1. The number of carbonyl (C=O) groups excluding carboxylic acids is 1. The first-order chi connectivity index (χ1) is 12.4. The van der Waals surface area contributed by atoms with Crippen molar-refractivity contribution >= 4 is 23.1 Å². The highest BCUT2D eigenvalue weighted by atomic mass is 32.1. The number of anilines is 1. The number of nitrogens with two attached hydrogens (primary N) is 1. The summed E-state index contributed by atoms with van der Waals surface area (Å²) in [5, 5.41) is 5.33. The van der Waals surface area contributed by atoms with Gasteiger partial charge in [0, 0.05) is 37.3 Å². The van der Waals surface area contributed by atoms with E-state index in [4.69, 9.17) is 5.73 Å². The Bertz CT molecular complexity index is 754. The van der Waals surface area contributed by atoms with Crippen LogP contribution < -0.4 is 16.0 Å². The molecule has 0 radical (unpaired) electrons. The molecule has 0 aliphatic carbocycles. The number of piperidine rings is 1. The highest BCUT2D eigenvalue weighted by Crippen LogP contribution is 2.29. The van der Waals surface area contributed by atoms with E-state index in [1.165, 1.54) is 17.4 Å². The second-order valence-corrected chi connectivity index (χ2v) is 6.91. The molecule has 10 heteroatoms. The van der Waals surface area contributed by atoms with Crippen LogP contribution in [0.15, 0.2) is 23.7 Å². The number of halogens is 3. The predicted octanol–water partition coefficient (Wildman–Crippen LogP) is 2.41. The molecule has 0 saturated carbocycles. The van der Waals surface area contributed by atoms with Crippen LogP contribution in [-0.4, -0.2) is 35.0 Å². The molecule has 0 aromatic carbocycles. The molecule has 1 saturated heterocycles. The molecule has 1 aliphatic heterocycles. The lowest BCUT2D eigenvalue weighted by atomic mass is 10.0. The van der Waals surface area contributed by atoms with Crippen LogP contribution in [0.5, 0.6) is 0 Å². The Labute approximate surface area is 152 Å². The number of pyridine rings is 1. The van der Waals surface area contributed by atoms with E-state index in [1.807, 2.05) is 4.90 Å². The van der Waals surface area contributed by atoms with E-state index in [0.29, 0.717) is 49.0 Å². The first-order valence-electron chi connectivity index (χ1n) is 8.10. The van der Waals surface area contributed by atoms with Crippen LogP contribution in [0, 0.1) is 0 Å². The average Bonchev–Trinajstić information content (AvgIpc) is 3.11. The highest BCUT2D eigenvalue weighted by molar-refractivity contribution is 7.09. The van der Waals surface area contributed by atoms with Gasteiger partial charge in [0.1, 0.15) is 16.5 Å². The second-order valence-electron chi connectivity index (χ2n) is 5.97. The number of thiazole rings is 1. The van der Waals surface area contributed by atoms with Crippen LogP contribution in [0.2, 0.25) is 0 Å². The molecule has 3 N–H and O–H groups in total. The van der Waals surface area contributed by atoms with E-state index in [0.717, 1.165) is 12.3 Å². The van der Waals surface area contributed by atoms with Gasteiger partial charge < -0.3 is 16.0 Å². The number of aromatic nitrogens is 2. The Kier molecular flexibility index (Phi) is 5.42. The lowest BCUT2D eigenvalue weighted by Crippen LogP contribution is -2.45. The minimum absolute atomic E-state index is 0.00350. The molecule has 3 rings (SSSR count). The highest BCUT2D eigenvalue weighted by Gasteiger charge is 2.31. The Morgan fingerprint density at radius 2 is 2.08 bits per heavy atom. The summed E-state index contributed by atoms with van der Waals surface area (Å²) < 4.78 is 37.8. The standard InChI is InChI=1S/C16H18F3N5OS/c17-16(18,19)10-1-2-13(21-8-10)24-5-3-11(4-6-24)22-15(25)12-9-26-14(7-20)23-12/h1-2,8-9,11H,3-7,20H2,(H,22,25). The van der Waals surface area contributed by atoms with Crippen LogP contribution in [0.3, 0.4) is 0 Å². The smallest absolute Gasteiger partial charge is 0.356 e. The van der Waals surface area contributed by atoms with Crippen LogP contribution >= 0.6 is 11.3 Å². The molecule has 0 spiro atoms. The van der Waals surface area contributed by atoms with E-state index < -0.39 is 11.7 Å². The van der Waals surface area contributed by atoms with Gasteiger partial charge in [0.25, 0.3) is 5.91 Å². The summed E-state index contributed by atoms with van der Waals surface area (Å²) >= 11 is 1.35. The van der Waals surface area contributed by atoms with Gasteiger partial charge in [0.2, 0.25) is 0 Å². The Hall–Kier alpha value is -2.20. The fraction of sp³-hybridized carbons (Fsp3) is 0.438. The van der Waals surface area contributed by atoms with Crippen molar-refractivity contribution in [3.63, 3.8) is 0 Å². The number of hydrogen-bond acceptors (Lipinski definition) is 6. The largest absolute Gasteiger partial charge is 0.417 e. The molecule has 0 atom stereocenters. The van der Waals surface area contributed by atoms with Gasteiger partial charge >= 0.3 is 6.18 Å². The average molecular weight is 385 g/mol. The summed E-state index contributed by atoms with van der Waals surface area (Å²) in [6, 6.07) is 2.41.